The lowest BCUT2D eigenvalue weighted by atomic mass is 9.97. The Kier molecular flexibility index (Phi) is 7.61. The number of thioether (sulfide) groups is 1. The zero-order valence-corrected chi connectivity index (χ0v) is 13.7. The van der Waals surface area contributed by atoms with E-state index in [0.717, 1.165) is 4.90 Å². The quantitative estimate of drug-likeness (QED) is 0.718. The van der Waals surface area contributed by atoms with Crippen molar-refractivity contribution in [3.63, 3.8) is 0 Å². The van der Waals surface area contributed by atoms with E-state index in [0.29, 0.717) is 11.4 Å². The van der Waals surface area contributed by atoms with Crippen LogP contribution in [0.5, 0.6) is 0 Å². The van der Waals surface area contributed by atoms with E-state index in [1.54, 1.807) is 6.07 Å². The number of amides is 1. The van der Waals surface area contributed by atoms with Gasteiger partial charge < -0.3 is 10.4 Å². The van der Waals surface area contributed by atoms with Gasteiger partial charge in [-0.1, -0.05) is 37.6 Å². The summed E-state index contributed by atoms with van der Waals surface area (Å²) >= 11 is 7.34. The maximum atomic E-state index is 11.8. The number of halogens is 1. The van der Waals surface area contributed by atoms with Crippen LogP contribution in [0.15, 0.2) is 29.2 Å². The highest BCUT2D eigenvalue weighted by molar-refractivity contribution is 8.00. The van der Waals surface area contributed by atoms with Gasteiger partial charge in [-0.25, -0.2) is 0 Å². The van der Waals surface area contributed by atoms with Crippen molar-refractivity contribution in [3.8, 4) is 0 Å². The summed E-state index contributed by atoms with van der Waals surface area (Å²) in [6.07, 6.45) is 0.549. The molecule has 0 spiro atoms. The molecular weight excluding hydrogens is 310 g/mol. The predicted octanol–water partition coefficient (Wildman–Crippen LogP) is 3.30. The van der Waals surface area contributed by atoms with Gasteiger partial charge in [-0.2, -0.15) is 0 Å². The lowest BCUT2D eigenvalue weighted by Gasteiger charge is -2.15. The van der Waals surface area contributed by atoms with Crippen LogP contribution in [-0.2, 0) is 9.59 Å². The highest BCUT2D eigenvalue weighted by atomic mass is 35.5. The Morgan fingerprint density at radius 2 is 2.00 bits per heavy atom. The summed E-state index contributed by atoms with van der Waals surface area (Å²) < 4.78 is 0. The van der Waals surface area contributed by atoms with Gasteiger partial charge >= 0.3 is 5.97 Å². The molecule has 1 aromatic carbocycles. The Labute approximate surface area is 134 Å². The summed E-state index contributed by atoms with van der Waals surface area (Å²) in [4.78, 5) is 23.7. The first-order chi connectivity index (χ1) is 9.90. The third-order valence-electron chi connectivity index (χ3n) is 2.85. The second-order valence-corrected chi connectivity index (χ2v) is 6.61. The van der Waals surface area contributed by atoms with Gasteiger partial charge in [0.25, 0.3) is 0 Å². The highest BCUT2D eigenvalue weighted by Crippen LogP contribution is 2.26. The molecule has 0 bridgehead atoms. The average molecular weight is 330 g/mol. The second kappa shape index (κ2) is 8.95. The van der Waals surface area contributed by atoms with E-state index in [-0.39, 0.29) is 24.1 Å². The zero-order valence-electron chi connectivity index (χ0n) is 12.1. The molecule has 0 heterocycles. The molecule has 0 radical (unpaired) electrons. The Balaban J connectivity index is 2.39. The fourth-order valence-electron chi connectivity index (χ4n) is 1.83. The summed E-state index contributed by atoms with van der Waals surface area (Å²) in [5.41, 5.74) is 0. The van der Waals surface area contributed by atoms with Gasteiger partial charge in [0.1, 0.15) is 0 Å². The molecule has 0 aromatic heterocycles. The fourth-order valence-corrected chi connectivity index (χ4v) is 2.90. The predicted molar refractivity (Wildman–Crippen MR) is 85.8 cm³/mol. The molecule has 1 aromatic rings. The van der Waals surface area contributed by atoms with Crippen molar-refractivity contribution < 1.29 is 14.7 Å². The van der Waals surface area contributed by atoms with Gasteiger partial charge in [-0.15, -0.1) is 11.8 Å². The lowest BCUT2D eigenvalue weighted by Crippen LogP contribution is -2.34. The fraction of sp³-hybridized carbons (Fsp3) is 0.467. The van der Waals surface area contributed by atoms with Crippen LogP contribution in [0.2, 0.25) is 5.02 Å². The van der Waals surface area contributed by atoms with Crippen molar-refractivity contribution in [3.05, 3.63) is 29.3 Å². The maximum Gasteiger partial charge on any atom is 0.308 e. The number of hydrogen-bond donors (Lipinski definition) is 2. The van der Waals surface area contributed by atoms with Crippen molar-refractivity contribution in [2.45, 2.75) is 25.2 Å². The Morgan fingerprint density at radius 3 is 2.57 bits per heavy atom. The van der Waals surface area contributed by atoms with E-state index in [1.807, 2.05) is 32.0 Å². The molecule has 0 fully saturated rings. The molecule has 2 N–H and O–H groups in total. The minimum Gasteiger partial charge on any atom is -0.481 e. The molecule has 21 heavy (non-hydrogen) atoms. The Hall–Kier alpha value is -1.20. The van der Waals surface area contributed by atoms with E-state index < -0.39 is 11.9 Å². The molecule has 1 rings (SSSR count). The van der Waals surface area contributed by atoms with Crippen LogP contribution in [0, 0.1) is 11.8 Å². The van der Waals surface area contributed by atoms with Crippen LogP contribution in [0.3, 0.4) is 0 Å². The average Bonchev–Trinajstić information content (AvgIpc) is 2.41. The smallest absolute Gasteiger partial charge is 0.308 e. The van der Waals surface area contributed by atoms with E-state index >= 15 is 0 Å². The molecule has 4 nitrogen and oxygen atoms in total. The topological polar surface area (TPSA) is 66.4 Å². The summed E-state index contributed by atoms with van der Waals surface area (Å²) in [5.74, 6) is -1.10. The SMILES string of the molecule is CC(C)CC(CNC(=O)CSc1ccccc1Cl)C(=O)O. The summed E-state index contributed by atoms with van der Waals surface area (Å²) in [6.45, 7) is 4.09. The summed E-state index contributed by atoms with van der Waals surface area (Å²) in [7, 11) is 0. The van der Waals surface area contributed by atoms with Crippen molar-refractivity contribution in [1.29, 1.82) is 0 Å². The van der Waals surface area contributed by atoms with Crippen LogP contribution in [0.1, 0.15) is 20.3 Å². The molecule has 0 aliphatic rings. The monoisotopic (exact) mass is 329 g/mol. The van der Waals surface area contributed by atoms with Gasteiger partial charge in [-0.3, -0.25) is 9.59 Å². The van der Waals surface area contributed by atoms with Crippen LogP contribution in [0.25, 0.3) is 0 Å². The number of benzene rings is 1. The number of carbonyl (C=O) groups excluding carboxylic acids is 1. The van der Waals surface area contributed by atoms with Crippen molar-refractivity contribution >= 4 is 35.2 Å². The van der Waals surface area contributed by atoms with Crippen molar-refractivity contribution in [2.24, 2.45) is 11.8 Å². The van der Waals surface area contributed by atoms with Gasteiger partial charge in [0.2, 0.25) is 5.91 Å². The minimum atomic E-state index is -0.872. The Bertz CT molecular complexity index is 494. The number of nitrogens with one attached hydrogen (secondary N) is 1. The third kappa shape index (κ3) is 6.87. The van der Waals surface area contributed by atoms with E-state index in [1.165, 1.54) is 11.8 Å². The van der Waals surface area contributed by atoms with Crippen LogP contribution in [-0.4, -0.2) is 29.3 Å². The van der Waals surface area contributed by atoms with Gasteiger partial charge in [-0.05, 0) is 24.5 Å². The molecule has 0 saturated heterocycles. The van der Waals surface area contributed by atoms with Crippen LogP contribution < -0.4 is 5.32 Å². The van der Waals surface area contributed by atoms with Crippen LogP contribution >= 0.6 is 23.4 Å². The van der Waals surface area contributed by atoms with E-state index in [2.05, 4.69) is 5.32 Å². The number of carboxylic acid groups (broad SMARTS) is 1. The molecule has 1 amide bonds. The first-order valence-electron chi connectivity index (χ1n) is 6.77. The van der Waals surface area contributed by atoms with Crippen molar-refractivity contribution in [1.82, 2.24) is 5.32 Å². The van der Waals surface area contributed by atoms with Gasteiger partial charge in [0, 0.05) is 11.4 Å². The number of aliphatic carboxylic acids is 1. The molecule has 6 heteroatoms. The Morgan fingerprint density at radius 1 is 1.33 bits per heavy atom. The second-order valence-electron chi connectivity index (χ2n) is 5.19. The first kappa shape index (κ1) is 17.9. The molecule has 116 valence electrons. The first-order valence-corrected chi connectivity index (χ1v) is 8.13. The molecule has 0 saturated carbocycles. The van der Waals surface area contributed by atoms with E-state index in [9.17, 15) is 9.59 Å². The van der Waals surface area contributed by atoms with Crippen molar-refractivity contribution in [2.75, 3.05) is 12.3 Å². The molecular formula is C15H20ClNO3S. The highest BCUT2D eigenvalue weighted by Gasteiger charge is 2.19. The number of hydrogen-bond acceptors (Lipinski definition) is 3. The van der Waals surface area contributed by atoms with Crippen LogP contribution in [0.4, 0.5) is 0 Å². The maximum absolute atomic E-state index is 11.8. The summed E-state index contributed by atoms with van der Waals surface area (Å²) in [6, 6.07) is 7.30. The number of carboxylic acids is 1. The molecule has 1 atom stereocenters. The molecule has 1 unspecified atom stereocenters. The van der Waals surface area contributed by atoms with E-state index in [4.69, 9.17) is 16.7 Å². The van der Waals surface area contributed by atoms with Gasteiger partial charge in [0.15, 0.2) is 0 Å². The normalized spacial score (nSPS) is 12.2. The number of rotatable bonds is 8. The number of carbonyl (C=O) groups is 2. The summed E-state index contributed by atoms with van der Waals surface area (Å²) in [5, 5.41) is 12.4. The lowest BCUT2D eigenvalue weighted by molar-refractivity contribution is -0.142. The minimum absolute atomic E-state index is 0.162. The standard InChI is InChI=1S/C15H20ClNO3S/c1-10(2)7-11(15(19)20)8-17-14(18)9-21-13-6-4-3-5-12(13)16/h3-6,10-11H,7-9H2,1-2H3,(H,17,18)(H,19,20). The third-order valence-corrected chi connectivity index (χ3v) is 4.36. The van der Waals surface area contributed by atoms with Gasteiger partial charge in [0.05, 0.1) is 16.7 Å². The zero-order chi connectivity index (χ0) is 15.8. The largest absolute Gasteiger partial charge is 0.481 e. The molecule has 0 aliphatic heterocycles. The molecule has 0 aliphatic carbocycles.